The summed E-state index contributed by atoms with van der Waals surface area (Å²) in [6.45, 7) is 4.83. The smallest absolute Gasteiger partial charge is 0.308 e. The molecule has 5 nitrogen and oxygen atoms in total. The van der Waals surface area contributed by atoms with Crippen LogP contribution < -0.4 is 14.4 Å². The molecule has 0 heterocycles. The van der Waals surface area contributed by atoms with Crippen LogP contribution in [-0.2, 0) is 4.79 Å². The van der Waals surface area contributed by atoms with Crippen LogP contribution in [0.1, 0.15) is 13.8 Å². The van der Waals surface area contributed by atoms with Crippen LogP contribution in [-0.4, -0.2) is 38.4 Å². The maximum Gasteiger partial charge on any atom is 0.308 e. The minimum atomic E-state index is -0.800. The number of ether oxygens (including phenoxy) is 2. The number of aliphatic carboxylic acids is 1. The van der Waals surface area contributed by atoms with E-state index in [0.717, 1.165) is 5.69 Å². The molecule has 1 N–H and O–H groups in total. The summed E-state index contributed by atoms with van der Waals surface area (Å²) < 4.78 is 10.5. The van der Waals surface area contributed by atoms with E-state index in [2.05, 4.69) is 0 Å². The molecule has 0 aliphatic rings. The minimum Gasteiger partial charge on any atom is -0.497 e. The first-order valence-electron chi connectivity index (χ1n) is 6.23. The van der Waals surface area contributed by atoms with Crippen molar-refractivity contribution >= 4 is 11.7 Å². The van der Waals surface area contributed by atoms with Gasteiger partial charge in [-0.25, -0.2) is 0 Å². The number of nitrogens with zero attached hydrogens (tertiary/aromatic N) is 1. The van der Waals surface area contributed by atoms with Gasteiger partial charge in [0.15, 0.2) is 0 Å². The molecule has 0 aromatic heterocycles. The van der Waals surface area contributed by atoms with E-state index in [4.69, 9.17) is 14.6 Å². The summed E-state index contributed by atoms with van der Waals surface area (Å²) in [6, 6.07) is 5.52. The lowest BCUT2D eigenvalue weighted by molar-refractivity contribution is -0.140. The van der Waals surface area contributed by atoms with Crippen LogP contribution in [0.4, 0.5) is 5.69 Å². The molecule has 1 rings (SSSR count). The Hall–Kier alpha value is -1.91. The van der Waals surface area contributed by atoms with Gasteiger partial charge in [0.1, 0.15) is 11.5 Å². The highest BCUT2D eigenvalue weighted by Crippen LogP contribution is 2.32. The van der Waals surface area contributed by atoms with Crippen molar-refractivity contribution in [2.45, 2.75) is 13.8 Å². The van der Waals surface area contributed by atoms with Gasteiger partial charge in [-0.3, -0.25) is 4.79 Å². The molecule has 19 heavy (non-hydrogen) atoms. The molecule has 0 saturated carbocycles. The lowest BCUT2D eigenvalue weighted by Gasteiger charge is -2.26. The zero-order valence-electron chi connectivity index (χ0n) is 11.8. The van der Waals surface area contributed by atoms with Crippen molar-refractivity contribution in [3.05, 3.63) is 18.2 Å². The Labute approximate surface area is 113 Å². The van der Waals surface area contributed by atoms with Gasteiger partial charge in [-0.15, -0.1) is 0 Å². The summed E-state index contributed by atoms with van der Waals surface area (Å²) >= 11 is 0. The van der Waals surface area contributed by atoms with E-state index in [1.807, 2.05) is 24.0 Å². The Morgan fingerprint density at radius 2 is 2.05 bits per heavy atom. The molecule has 1 aromatic carbocycles. The number of benzene rings is 1. The molecule has 0 radical (unpaired) electrons. The number of anilines is 1. The number of hydrogen-bond donors (Lipinski definition) is 1. The second kappa shape index (κ2) is 6.87. The predicted octanol–water partition coefficient (Wildman–Crippen LogP) is 2.25. The van der Waals surface area contributed by atoms with Gasteiger partial charge < -0.3 is 19.5 Å². The van der Waals surface area contributed by atoms with E-state index in [0.29, 0.717) is 24.6 Å². The van der Waals surface area contributed by atoms with Crippen molar-refractivity contribution < 1.29 is 19.4 Å². The molecule has 0 bridgehead atoms. The molecular formula is C14H21NO4. The summed E-state index contributed by atoms with van der Waals surface area (Å²) in [7, 11) is 3.19. The molecule has 1 atom stereocenters. The third kappa shape index (κ3) is 3.77. The summed E-state index contributed by atoms with van der Waals surface area (Å²) in [5.74, 6) is 0.152. The topological polar surface area (TPSA) is 59.0 Å². The van der Waals surface area contributed by atoms with Crippen molar-refractivity contribution in [1.82, 2.24) is 0 Å². The molecule has 0 fully saturated rings. The molecular weight excluding hydrogens is 246 g/mol. The first kappa shape index (κ1) is 15.1. The summed E-state index contributed by atoms with van der Waals surface area (Å²) in [4.78, 5) is 12.9. The van der Waals surface area contributed by atoms with Gasteiger partial charge >= 0.3 is 5.97 Å². The Morgan fingerprint density at radius 3 is 2.53 bits per heavy atom. The van der Waals surface area contributed by atoms with Crippen LogP contribution in [0.2, 0.25) is 0 Å². The average Bonchev–Trinajstić information content (AvgIpc) is 2.43. The van der Waals surface area contributed by atoms with Gasteiger partial charge in [0.05, 0.1) is 25.8 Å². The first-order valence-corrected chi connectivity index (χ1v) is 6.23. The predicted molar refractivity (Wildman–Crippen MR) is 74.2 cm³/mol. The standard InChI is InChI=1S/C14H21NO4/c1-5-15(9-10(2)14(16)17)12-7-6-11(18-3)8-13(12)19-4/h6-8,10H,5,9H2,1-4H3,(H,16,17). The second-order valence-corrected chi connectivity index (χ2v) is 4.32. The van der Waals surface area contributed by atoms with Crippen LogP contribution >= 0.6 is 0 Å². The Bertz CT molecular complexity index is 433. The van der Waals surface area contributed by atoms with Crippen molar-refractivity contribution in [2.75, 3.05) is 32.2 Å². The van der Waals surface area contributed by atoms with Gasteiger partial charge in [-0.05, 0) is 19.1 Å². The van der Waals surface area contributed by atoms with Crippen molar-refractivity contribution in [2.24, 2.45) is 5.92 Å². The zero-order chi connectivity index (χ0) is 14.4. The third-order valence-electron chi connectivity index (χ3n) is 3.03. The van der Waals surface area contributed by atoms with E-state index < -0.39 is 11.9 Å². The van der Waals surface area contributed by atoms with E-state index in [1.165, 1.54) is 0 Å². The lowest BCUT2D eigenvalue weighted by atomic mass is 10.1. The molecule has 1 unspecified atom stereocenters. The van der Waals surface area contributed by atoms with Crippen molar-refractivity contribution in [1.29, 1.82) is 0 Å². The highest BCUT2D eigenvalue weighted by atomic mass is 16.5. The van der Waals surface area contributed by atoms with Crippen LogP contribution in [0, 0.1) is 5.92 Å². The maximum absolute atomic E-state index is 11.0. The SMILES string of the molecule is CCN(CC(C)C(=O)O)c1ccc(OC)cc1OC. The molecule has 0 spiro atoms. The Balaban J connectivity index is 3.00. The summed E-state index contributed by atoms with van der Waals surface area (Å²) in [6.07, 6.45) is 0. The largest absolute Gasteiger partial charge is 0.497 e. The number of carboxylic acids is 1. The van der Waals surface area contributed by atoms with E-state index in [-0.39, 0.29) is 0 Å². The monoisotopic (exact) mass is 267 g/mol. The van der Waals surface area contributed by atoms with Crippen LogP contribution in [0.25, 0.3) is 0 Å². The van der Waals surface area contributed by atoms with Gasteiger partial charge in [0, 0.05) is 19.2 Å². The van der Waals surface area contributed by atoms with Crippen LogP contribution in [0.3, 0.4) is 0 Å². The molecule has 1 aromatic rings. The van der Waals surface area contributed by atoms with Gasteiger partial charge in [-0.2, -0.15) is 0 Å². The highest BCUT2D eigenvalue weighted by molar-refractivity contribution is 5.71. The van der Waals surface area contributed by atoms with Gasteiger partial charge in [0.2, 0.25) is 0 Å². The molecule has 0 aliphatic carbocycles. The number of rotatable bonds is 7. The fraction of sp³-hybridized carbons (Fsp3) is 0.500. The molecule has 0 saturated heterocycles. The van der Waals surface area contributed by atoms with Gasteiger partial charge in [0.25, 0.3) is 0 Å². The minimum absolute atomic E-state index is 0.438. The number of carboxylic acid groups (broad SMARTS) is 1. The van der Waals surface area contributed by atoms with E-state index >= 15 is 0 Å². The molecule has 5 heteroatoms. The van der Waals surface area contributed by atoms with Crippen LogP contribution in [0.15, 0.2) is 18.2 Å². The Kier molecular flexibility index (Phi) is 5.48. The number of hydrogen-bond acceptors (Lipinski definition) is 4. The number of carbonyl (C=O) groups is 1. The second-order valence-electron chi connectivity index (χ2n) is 4.32. The molecule has 0 aliphatic heterocycles. The third-order valence-corrected chi connectivity index (χ3v) is 3.03. The van der Waals surface area contributed by atoms with Crippen LogP contribution in [0.5, 0.6) is 11.5 Å². The fourth-order valence-electron chi connectivity index (χ4n) is 1.85. The lowest BCUT2D eigenvalue weighted by Crippen LogP contribution is -2.31. The van der Waals surface area contributed by atoms with Gasteiger partial charge in [-0.1, -0.05) is 6.92 Å². The molecule has 0 amide bonds. The van der Waals surface area contributed by atoms with Crippen molar-refractivity contribution in [3.63, 3.8) is 0 Å². The summed E-state index contributed by atoms with van der Waals surface area (Å²) in [5, 5.41) is 9.00. The van der Waals surface area contributed by atoms with E-state index in [1.54, 1.807) is 27.2 Å². The quantitative estimate of drug-likeness (QED) is 0.821. The average molecular weight is 267 g/mol. The van der Waals surface area contributed by atoms with E-state index in [9.17, 15) is 4.79 Å². The number of methoxy groups -OCH3 is 2. The first-order chi connectivity index (χ1) is 9.03. The molecule has 106 valence electrons. The zero-order valence-corrected chi connectivity index (χ0v) is 11.8. The van der Waals surface area contributed by atoms with Crippen molar-refractivity contribution in [3.8, 4) is 11.5 Å². The normalized spacial score (nSPS) is 11.8. The maximum atomic E-state index is 11.0. The Morgan fingerprint density at radius 1 is 1.37 bits per heavy atom. The fourth-order valence-corrected chi connectivity index (χ4v) is 1.85. The summed E-state index contributed by atoms with van der Waals surface area (Å²) in [5.41, 5.74) is 0.874. The highest BCUT2D eigenvalue weighted by Gasteiger charge is 2.18.